The highest BCUT2D eigenvalue weighted by atomic mass is 16.3. The number of nitrogens with zero attached hydrogens (tertiary/aromatic N) is 4. The van der Waals surface area contributed by atoms with Crippen LogP contribution in [0.4, 0.5) is 17.7 Å². The Hall–Kier alpha value is -2.22. The molecule has 0 fully saturated rings. The predicted octanol–water partition coefficient (Wildman–Crippen LogP) is 2.42. The van der Waals surface area contributed by atoms with Crippen LogP contribution in [0.25, 0.3) is 11.0 Å². The van der Waals surface area contributed by atoms with Gasteiger partial charge in [0.05, 0.1) is 11.8 Å². The van der Waals surface area contributed by atoms with Gasteiger partial charge in [0.15, 0.2) is 5.82 Å². The minimum absolute atomic E-state index is 0.386. The molecule has 0 aliphatic rings. The monoisotopic (exact) mass is 347 g/mol. The average Bonchev–Trinajstić information content (AvgIpc) is 2.59. The number of aliphatic hydroxyl groups excluding tert-OH is 1. The molecule has 4 N–H and O–H groups in total. The fourth-order valence-corrected chi connectivity index (χ4v) is 2.41. The molecule has 138 valence electrons. The molecule has 2 aromatic rings. The van der Waals surface area contributed by atoms with E-state index in [0.29, 0.717) is 24.3 Å². The lowest BCUT2D eigenvalue weighted by Gasteiger charge is -2.14. The number of rotatable bonds is 10. The van der Waals surface area contributed by atoms with Gasteiger partial charge in [-0.25, -0.2) is 15.0 Å². The molecule has 0 aromatic carbocycles. The lowest BCUT2D eigenvalue weighted by Crippen LogP contribution is -2.18. The van der Waals surface area contributed by atoms with Crippen molar-refractivity contribution < 1.29 is 5.11 Å². The van der Waals surface area contributed by atoms with Gasteiger partial charge in [-0.15, -0.1) is 0 Å². The third-order valence-electron chi connectivity index (χ3n) is 3.54. The maximum Gasteiger partial charge on any atom is 0.225 e. The molecule has 8 heteroatoms. The Kier molecular flexibility index (Phi) is 7.12. The molecule has 1 atom stereocenters. The molecule has 0 amide bonds. The smallest absolute Gasteiger partial charge is 0.225 e. The van der Waals surface area contributed by atoms with Gasteiger partial charge in [0.1, 0.15) is 11.0 Å². The summed E-state index contributed by atoms with van der Waals surface area (Å²) in [5.74, 6) is 1.77. The fourth-order valence-electron chi connectivity index (χ4n) is 2.41. The number of aromatic nitrogens is 4. The Morgan fingerprint density at radius 3 is 2.24 bits per heavy atom. The Balaban J connectivity index is 2.53. The molecule has 0 saturated heterocycles. The minimum atomic E-state index is -0.478. The summed E-state index contributed by atoms with van der Waals surface area (Å²) >= 11 is 0. The van der Waals surface area contributed by atoms with Crippen molar-refractivity contribution in [3.63, 3.8) is 0 Å². The van der Waals surface area contributed by atoms with Gasteiger partial charge in [0.25, 0.3) is 0 Å². The van der Waals surface area contributed by atoms with Crippen LogP contribution in [0.3, 0.4) is 0 Å². The minimum Gasteiger partial charge on any atom is -0.392 e. The van der Waals surface area contributed by atoms with Crippen LogP contribution < -0.4 is 16.0 Å². The maximum absolute atomic E-state index is 9.49. The van der Waals surface area contributed by atoms with E-state index in [1.165, 1.54) is 0 Å². The molecule has 0 unspecified atom stereocenters. The number of fused-ring (bicyclic) bond motifs is 1. The zero-order valence-electron chi connectivity index (χ0n) is 15.6. The molecule has 0 aliphatic heterocycles. The van der Waals surface area contributed by atoms with Crippen molar-refractivity contribution in [2.24, 2.45) is 0 Å². The van der Waals surface area contributed by atoms with E-state index < -0.39 is 6.10 Å². The lowest BCUT2D eigenvalue weighted by molar-refractivity contribution is 0.208. The second-order valence-corrected chi connectivity index (χ2v) is 6.02. The molecule has 0 bridgehead atoms. The summed E-state index contributed by atoms with van der Waals surface area (Å²) in [5.41, 5.74) is 2.39. The third-order valence-corrected chi connectivity index (χ3v) is 3.54. The van der Waals surface area contributed by atoms with E-state index >= 15 is 0 Å². The van der Waals surface area contributed by atoms with Crippen molar-refractivity contribution >= 4 is 28.7 Å². The highest BCUT2D eigenvalue weighted by Gasteiger charge is 2.15. The summed E-state index contributed by atoms with van der Waals surface area (Å²) in [6, 6.07) is 0. The molecule has 0 saturated carbocycles. The molecule has 2 heterocycles. The van der Waals surface area contributed by atoms with Crippen LogP contribution in [0, 0.1) is 0 Å². The van der Waals surface area contributed by atoms with Crippen LogP contribution in [-0.2, 0) is 6.42 Å². The number of aryl methyl sites for hydroxylation is 1. The topological polar surface area (TPSA) is 108 Å². The Morgan fingerprint density at radius 2 is 1.60 bits per heavy atom. The summed E-state index contributed by atoms with van der Waals surface area (Å²) in [5, 5.41) is 19.1. The van der Waals surface area contributed by atoms with E-state index in [2.05, 4.69) is 49.7 Å². The van der Waals surface area contributed by atoms with Crippen LogP contribution in [0.15, 0.2) is 0 Å². The van der Waals surface area contributed by atoms with Gasteiger partial charge in [0, 0.05) is 19.6 Å². The van der Waals surface area contributed by atoms with Gasteiger partial charge < -0.3 is 21.1 Å². The first-order chi connectivity index (χ1) is 12.1. The van der Waals surface area contributed by atoms with E-state index in [4.69, 9.17) is 0 Å². The molecule has 2 rings (SSSR count). The van der Waals surface area contributed by atoms with E-state index in [-0.39, 0.29) is 0 Å². The Morgan fingerprint density at radius 1 is 0.880 bits per heavy atom. The quantitative estimate of drug-likeness (QED) is 0.519. The van der Waals surface area contributed by atoms with Crippen molar-refractivity contribution in [2.75, 3.05) is 35.6 Å². The van der Waals surface area contributed by atoms with Gasteiger partial charge >= 0.3 is 0 Å². The molecule has 0 spiro atoms. The van der Waals surface area contributed by atoms with Crippen molar-refractivity contribution in [1.29, 1.82) is 0 Å². The van der Waals surface area contributed by atoms with Crippen LogP contribution in [0.5, 0.6) is 0 Å². The standard InChI is InChI=1S/C17H29N7O/c1-5-8-12-13-14(23-16(21-12)19-9-6-2)15(18-7-3)24-17(22-13)20-10-11(4)25/h11,25H,5-10H2,1-4H3,(H,19,21,23)(H2,18,20,22,24)/t11-/m1/s1. The lowest BCUT2D eigenvalue weighted by atomic mass is 10.2. The van der Waals surface area contributed by atoms with Gasteiger partial charge in [-0.2, -0.15) is 4.98 Å². The van der Waals surface area contributed by atoms with Crippen molar-refractivity contribution in [2.45, 2.75) is 53.1 Å². The van der Waals surface area contributed by atoms with E-state index in [1.807, 2.05) is 6.92 Å². The van der Waals surface area contributed by atoms with E-state index in [9.17, 15) is 5.11 Å². The zero-order chi connectivity index (χ0) is 18.2. The van der Waals surface area contributed by atoms with Crippen LogP contribution in [0.2, 0.25) is 0 Å². The largest absolute Gasteiger partial charge is 0.392 e. The molecule has 0 radical (unpaired) electrons. The summed E-state index contributed by atoms with van der Waals surface area (Å²) < 4.78 is 0. The van der Waals surface area contributed by atoms with Crippen molar-refractivity contribution in [3.8, 4) is 0 Å². The van der Waals surface area contributed by atoms with Gasteiger partial charge in [0.2, 0.25) is 11.9 Å². The van der Waals surface area contributed by atoms with Gasteiger partial charge in [-0.1, -0.05) is 20.3 Å². The van der Waals surface area contributed by atoms with Crippen LogP contribution in [-0.4, -0.2) is 50.8 Å². The maximum atomic E-state index is 9.49. The summed E-state index contributed by atoms with van der Waals surface area (Å²) in [6.45, 7) is 9.89. The van der Waals surface area contributed by atoms with Gasteiger partial charge in [-0.3, -0.25) is 0 Å². The van der Waals surface area contributed by atoms with Gasteiger partial charge in [-0.05, 0) is 26.7 Å². The Labute approximate surface area is 148 Å². The molecule has 8 nitrogen and oxygen atoms in total. The van der Waals surface area contributed by atoms with Crippen LogP contribution in [0.1, 0.15) is 46.2 Å². The normalized spacial score (nSPS) is 12.2. The summed E-state index contributed by atoms with van der Waals surface area (Å²) in [4.78, 5) is 18.4. The first-order valence-corrected chi connectivity index (χ1v) is 9.07. The Bertz CT molecular complexity index is 690. The SMILES string of the molecule is CCCNc1nc(CCC)c2nc(NC[C@@H](C)O)nc(NCC)c2n1. The second kappa shape index (κ2) is 9.31. The molecular weight excluding hydrogens is 318 g/mol. The molecule has 0 aliphatic carbocycles. The fraction of sp³-hybridized carbons (Fsp3) is 0.647. The highest BCUT2D eigenvalue weighted by molar-refractivity contribution is 5.88. The van der Waals surface area contributed by atoms with E-state index in [1.54, 1.807) is 6.92 Å². The molecule has 25 heavy (non-hydrogen) atoms. The summed E-state index contributed by atoms with van der Waals surface area (Å²) in [7, 11) is 0. The van der Waals surface area contributed by atoms with Crippen LogP contribution >= 0.6 is 0 Å². The predicted molar refractivity (Wildman–Crippen MR) is 102 cm³/mol. The highest BCUT2D eigenvalue weighted by Crippen LogP contribution is 2.24. The second-order valence-electron chi connectivity index (χ2n) is 6.02. The van der Waals surface area contributed by atoms with Crippen molar-refractivity contribution in [3.05, 3.63) is 5.69 Å². The average molecular weight is 347 g/mol. The first-order valence-electron chi connectivity index (χ1n) is 9.07. The van der Waals surface area contributed by atoms with E-state index in [0.717, 1.165) is 49.1 Å². The number of anilines is 3. The van der Waals surface area contributed by atoms with Crippen molar-refractivity contribution in [1.82, 2.24) is 19.9 Å². The first kappa shape index (κ1) is 19.1. The third kappa shape index (κ3) is 5.12. The molecular formula is C17H29N7O. The number of hydrogen-bond acceptors (Lipinski definition) is 8. The number of aliphatic hydroxyl groups is 1. The molecule has 2 aromatic heterocycles. The zero-order valence-corrected chi connectivity index (χ0v) is 15.6. The number of nitrogens with one attached hydrogen (secondary N) is 3. The summed E-state index contributed by atoms with van der Waals surface area (Å²) in [6.07, 6.45) is 2.31. The number of hydrogen-bond donors (Lipinski definition) is 4.